The maximum Gasteiger partial charge on any atom is 0.411 e. The maximum absolute atomic E-state index is 11.8. The predicted octanol–water partition coefficient (Wildman–Crippen LogP) is 3.53. The number of ether oxygens (including phenoxy) is 1. The fourth-order valence-electron chi connectivity index (χ4n) is 2.68. The molecule has 1 rings (SSSR count). The van der Waals surface area contributed by atoms with Gasteiger partial charge in [0, 0.05) is 6.61 Å². The lowest BCUT2D eigenvalue weighted by Gasteiger charge is -2.31. The molecule has 0 amide bonds. The summed E-state index contributed by atoms with van der Waals surface area (Å²) in [5.41, 5.74) is 0. The van der Waals surface area contributed by atoms with Crippen LogP contribution in [0.5, 0.6) is 0 Å². The van der Waals surface area contributed by atoms with E-state index in [-0.39, 0.29) is 12.5 Å². The molecule has 0 spiro atoms. The van der Waals surface area contributed by atoms with Crippen molar-refractivity contribution in [2.45, 2.75) is 57.7 Å². The Morgan fingerprint density at radius 3 is 2.67 bits per heavy atom. The van der Waals surface area contributed by atoms with E-state index in [0.717, 1.165) is 25.7 Å². The minimum atomic E-state index is -4.27. The SMILES string of the molecule is CCC1CCCC(C(O)CCOCC(F)(F)F)C1. The average Bonchev–Trinajstić information content (AvgIpc) is 2.33. The zero-order valence-electron chi connectivity index (χ0n) is 10.9. The summed E-state index contributed by atoms with van der Waals surface area (Å²) in [5, 5.41) is 9.96. The third kappa shape index (κ3) is 6.05. The molecule has 1 aliphatic rings. The van der Waals surface area contributed by atoms with Crippen LogP contribution in [0.1, 0.15) is 45.4 Å². The van der Waals surface area contributed by atoms with E-state index < -0.39 is 18.9 Å². The van der Waals surface area contributed by atoms with Crippen LogP contribution in [-0.2, 0) is 4.74 Å². The van der Waals surface area contributed by atoms with Crippen LogP contribution in [-0.4, -0.2) is 30.6 Å². The Labute approximate surface area is 107 Å². The van der Waals surface area contributed by atoms with E-state index in [1.807, 2.05) is 0 Å². The van der Waals surface area contributed by atoms with Crippen molar-refractivity contribution >= 4 is 0 Å². The minimum Gasteiger partial charge on any atom is -0.393 e. The summed E-state index contributed by atoms with van der Waals surface area (Å²) in [6.45, 7) is 0.905. The van der Waals surface area contributed by atoms with E-state index in [0.29, 0.717) is 12.3 Å². The van der Waals surface area contributed by atoms with Crippen LogP contribution in [0.4, 0.5) is 13.2 Å². The highest BCUT2D eigenvalue weighted by Gasteiger charge is 2.29. The van der Waals surface area contributed by atoms with Crippen molar-refractivity contribution in [1.29, 1.82) is 0 Å². The molecule has 0 aromatic carbocycles. The first-order chi connectivity index (χ1) is 8.42. The van der Waals surface area contributed by atoms with Gasteiger partial charge in [0.25, 0.3) is 0 Å². The summed E-state index contributed by atoms with van der Waals surface area (Å²) in [5.74, 6) is 0.896. The molecule has 1 fully saturated rings. The molecule has 0 radical (unpaired) electrons. The Morgan fingerprint density at radius 1 is 1.33 bits per heavy atom. The molecule has 3 atom stereocenters. The van der Waals surface area contributed by atoms with Crippen molar-refractivity contribution in [3.8, 4) is 0 Å². The molecule has 1 N–H and O–H groups in total. The number of alkyl halides is 3. The Hall–Kier alpha value is -0.290. The third-order valence-electron chi connectivity index (χ3n) is 3.77. The number of halogens is 3. The Kier molecular flexibility index (Phi) is 6.43. The zero-order chi connectivity index (χ0) is 13.6. The molecule has 0 aromatic heterocycles. The summed E-state index contributed by atoms with van der Waals surface area (Å²) < 4.78 is 40.1. The predicted molar refractivity (Wildman–Crippen MR) is 63.2 cm³/mol. The third-order valence-corrected chi connectivity index (χ3v) is 3.77. The van der Waals surface area contributed by atoms with Crippen molar-refractivity contribution in [2.24, 2.45) is 11.8 Å². The normalized spacial score (nSPS) is 27.2. The summed E-state index contributed by atoms with van der Waals surface area (Å²) in [6.07, 6.45) is 0.933. The molecule has 0 bridgehead atoms. The van der Waals surface area contributed by atoms with Gasteiger partial charge >= 0.3 is 6.18 Å². The second-order valence-electron chi connectivity index (χ2n) is 5.22. The molecular weight excluding hydrogens is 245 g/mol. The number of aliphatic hydroxyl groups is 1. The van der Waals surface area contributed by atoms with E-state index in [2.05, 4.69) is 11.7 Å². The number of rotatable bonds is 6. The number of aliphatic hydroxyl groups excluding tert-OH is 1. The first kappa shape index (κ1) is 15.8. The van der Waals surface area contributed by atoms with Gasteiger partial charge in [0.2, 0.25) is 0 Å². The lowest BCUT2D eigenvalue weighted by molar-refractivity contribution is -0.175. The summed E-state index contributed by atoms with van der Waals surface area (Å²) >= 11 is 0. The van der Waals surface area contributed by atoms with Crippen LogP contribution in [0, 0.1) is 11.8 Å². The molecule has 3 unspecified atom stereocenters. The van der Waals surface area contributed by atoms with Gasteiger partial charge < -0.3 is 9.84 Å². The highest BCUT2D eigenvalue weighted by Crippen LogP contribution is 2.33. The van der Waals surface area contributed by atoms with Gasteiger partial charge in [-0.05, 0) is 31.1 Å². The highest BCUT2D eigenvalue weighted by molar-refractivity contribution is 4.77. The monoisotopic (exact) mass is 268 g/mol. The van der Waals surface area contributed by atoms with E-state index in [9.17, 15) is 18.3 Å². The summed E-state index contributed by atoms with van der Waals surface area (Å²) in [6, 6.07) is 0. The molecule has 0 saturated heterocycles. The standard InChI is InChI=1S/C13H23F3O2/c1-2-10-4-3-5-11(8-10)12(17)6-7-18-9-13(14,15)16/h10-12,17H,2-9H2,1H3. The topological polar surface area (TPSA) is 29.5 Å². The first-order valence-corrected chi connectivity index (χ1v) is 6.75. The Balaban J connectivity index is 2.17. The second-order valence-corrected chi connectivity index (χ2v) is 5.22. The first-order valence-electron chi connectivity index (χ1n) is 6.75. The van der Waals surface area contributed by atoms with Gasteiger partial charge in [-0.2, -0.15) is 13.2 Å². The molecule has 0 aliphatic heterocycles. The van der Waals surface area contributed by atoms with Crippen LogP contribution < -0.4 is 0 Å². The van der Waals surface area contributed by atoms with Gasteiger partial charge in [0.05, 0.1) is 6.10 Å². The van der Waals surface area contributed by atoms with E-state index in [4.69, 9.17) is 0 Å². The van der Waals surface area contributed by atoms with Crippen molar-refractivity contribution < 1.29 is 23.0 Å². The van der Waals surface area contributed by atoms with Crippen molar-refractivity contribution in [3.05, 3.63) is 0 Å². The van der Waals surface area contributed by atoms with Crippen LogP contribution in [0.3, 0.4) is 0 Å². The van der Waals surface area contributed by atoms with Gasteiger partial charge in [0.15, 0.2) is 0 Å². The van der Waals surface area contributed by atoms with Gasteiger partial charge in [-0.25, -0.2) is 0 Å². The van der Waals surface area contributed by atoms with Gasteiger partial charge in [-0.1, -0.05) is 26.2 Å². The highest BCUT2D eigenvalue weighted by atomic mass is 19.4. The largest absolute Gasteiger partial charge is 0.411 e. The fraction of sp³-hybridized carbons (Fsp3) is 1.00. The number of hydrogen-bond donors (Lipinski definition) is 1. The van der Waals surface area contributed by atoms with Crippen molar-refractivity contribution in [1.82, 2.24) is 0 Å². The van der Waals surface area contributed by atoms with E-state index >= 15 is 0 Å². The van der Waals surface area contributed by atoms with E-state index in [1.165, 1.54) is 6.42 Å². The van der Waals surface area contributed by atoms with Crippen molar-refractivity contribution in [2.75, 3.05) is 13.2 Å². The summed E-state index contributed by atoms with van der Waals surface area (Å²) in [4.78, 5) is 0. The number of hydrogen-bond acceptors (Lipinski definition) is 2. The quantitative estimate of drug-likeness (QED) is 0.747. The molecule has 2 nitrogen and oxygen atoms in total. The van der Waals surface area contributed by atoms with Gasteiger partial charge in [-0.3, -0.25) is 0 Å². The fourth-order valence-corrected chi connectivity index (χ4v) is 2.68. The summed E-state index contributed by atoms with van der Waals surface area (Å²) in [7, 11) is 0. The Bertz CT molecular complexity index is 231. The minimum absolute atomic E-state index is 0.0199. The Morgan fingerprint density at radius 2 is 2.06 bits per heavy atom. The maximum atomic E-state index is 11.8. The average molecular weight is 268 g/mol. The van der Waals surface area contributed by atoms with Gasteiger partial charge in [-0.15, -0.1) is 0 Å². The van der Waals surface area contributed by atoms with Crippen LogP contribution >= 0.6 is 0 Å². The lowest BCUT2D eigenvalue weighted by atomic mass is 9.77. The van der Waals surface area contributed by atoms with Crippen LogP contribution in [0.25, 0.3) is 0 Å². The molecule has 108 valence electrons. The molecule has 18 heavy (non-hydrogen) atoms. The van der Waals surface area contributed by atoms with Gasteiger partial charge in [0.1, 0.15) is 6.61 Å². The van der Waals surface area contributed by atoms with Crippen LogP contribution in [0.15, 0.2) is 0 Å². The molecule has 0 aromatic rings. The second kappa shape index (κ2) is 7.34. The molecule has 1 saturated carbocycles. The molecule has 0 heterocycles. The smallest absolute Gasteiger partial charge is 0.393 e. The molecule has 1 aliphatic carbocycles. The molecule has 5 heteroatoms. The molecular formula is C13H23F3O2. The van der Waals surface area contributed by atoms with Crippen LogP contribution in [0.2, 0.25) is 0 Å². The van der Waals surface area contributed by atoms with E-state index in [1.54, 1.807) is 0 Å². The lowest BCUT2D eigenvalue weighted by Crippen LogP contribution is -2.28. The van der Waals surface area contributed by atoms with Crippen molar-refractivity contribution in [3.63, 3.8) is 0 Å². The zero-order valence-corrected chi connectivity index (χ0v) is 10.9.